The van der Waals surface area contributed by atoms with E-state index in [1.807, 2.05) is 72.8 Å². The number of anilines is 5. The molecule has 3 amide bonds. The summed E-state index contributed by atoms with van der Waals surface area (Å²) in [6, 6.07) is 32.5. The topological polar surface area (TPSA) is 164 Å². The van der Waals surface area contributed by atoms with Crippen LogP contribution in [0.1, 0.15) is 54.2 Å². The average Bonchev–Trinajstić information content (AvgIpc) is 3.70. The molecule has 0 radical (unpaired) electrons. The van der Waals surface area contributed by atoms with Crippen molar-refractivity contribution in [3.8, 4) is 0 Å². The molecule has 4 aromatic carbocycles. The van der Waals surface area contributed by atoms with Gasteiger partial charge >= 0.3 is 6.09 Å². The number of benzene rings is 4. The van der Waals surface area contributed by atoms with Gasteiger partial charge in [0.15, 0.2) is 5.65 Å². The van der Waals surface area contributed by atoms with Crippen molar-refractivity contribution < 1.29 is 19.1 Å². The molecule has 2 aromatic heterocycles. The summed E-state index contributed by atoms with van der Waals surface area (Å²) in [5.74, 6) is 0.118. The van der Waals surface area contributed by atoms with E-state index in [9.17, 15) is 14.4 Å². The van der Waals surface area contributed by atoms with Crippen molar-refractivity contribution >= 4 is 69.3 Å². The van der Waals surface area contributed by atoms with Gasteiger partial charge in [-0.3, -0.25) is 14.5 Å². The van der Waals surface area contributed by atoms with Gasteiger partial charge < -0.3 is 26.4 Å². The third-order valence-corrected chi connectivity index (χ3v) is 10.2. The molecular formula is C42H40N8O4S. The first-order valence-corrected chi connectivity index (χ1v) is 18.8. The van der Waals surface area contributed by atoms with Crippen LogP contribution in [0, 0.1) is 0 Å². The van der Waals surface area contributed by atoms with Crippen LogP contribution in [0.3, 0.4) is 0 Å². The number of pyridine rings is 1. The van der Waals surface area contributed by atoms with E-state index in [0.29, 0.717) is 59.2 Å². The summed E-state index contributed by atoms with van der Waals surface area (Å²) in [4.78, 5) is 56.9. The Bertz CT molecular complexity index is 2340. The highest BCUT2D eigenvalue weighted by Crippen LogP contribution is 2.37. The maximum absolute atomic E-state index is 13.7. The van der Waals surface area contributed by atoms with Crippen LogP contribution in [0.25, 0.3) is 11.0 Å². The number of likely N-dealkylation sites (tertiary alicyclic amines) is 1. The molecule has 5 N–H and O–H groups in total. The van der Waals surface area contributed by atoms with Gasteiger partial charge in [0.05, 0.1) is 11.1 Å². The standard InChI is InChI=1S/C42H40N8O4S/c1-26(2)34-19-18-33-38(48-34)44-25-45-39(33)49-35-22-28(13-20-37(35)55-32-16-14-29(43)15-17-32)40(51)46-30-10-6-11-31(23-30)47-41(52)36-12-7-21-50(36)42(53)54-24-27-8-4-3-5-9-27/h3-6,8-11,13-20,22-23,25-26,36H,7,12,21,24,43H2,1-2H3,(H,46,51)(H,47,52)(H,44,45,48,49)/t36-/m0/s1. The van der Waals surface area contributed by atoms with Crippen molar-refractivity contribution in [3.63, 3.8) is 0 Å². The van der Waals surface area contributed by atoms with E-state index in [0.717, 1.165) is 26.4 Å². The van der Waals surface area contributed by atoms with Gasteiger partial charge in [-0.2, -0.15) is 0 Å². The molecule has 6 aromatic rings. The molecule has 0 aliphatic carbocycles. The number of nitrogens with one attached hydrogen (secondary N) is 3. The van der Waals surface area contributed by atoms with Crippen LogP contribution in [0.15, 0.2) is 125 Å². The van der Waals surface area contributed by atoms with Crippen LogP contribution in [0.4, 0.5) is 33.4 Å². The first-order chi connectivity index (χ1) is 26.7. The summed E-state index contributed by atoms with van der Waals surface area (Å²) in [6.45, 7) is 4.72. The molecule has 1 atom stereocenters. The molecule has 55 heavy (non-hydrogen) atoms. The lowest BCUT2D eigenvalue weighted by atomic mass is 10.1. The van der Waals surface area contributed by atoms with E-state index in [4.69, 9.17) is 15.5 Å². The van der Waals surface area contributed by atoms with Gasteiger partial charge in [-0.25, -0.2) is 19.7 Å². The van der Waals surface area contributed by atoms with Crippen molar-refractivity contribution in [2.75, 3.05) is 28.2 Å². The maximum Gasteiger partial charge on any atom is 0.410 e. The zero-order chi connectivity index (χ0) is 38.3. The lowest BCUT2D eigenvalue weighted by Crippen LogP contribution is -2.43. The number of amides is 3. The van der Waals surface area contributed by atoms with Crippen LogP contribution >= 0.6 is 11.8 Å². The summed E-state index contributed by atoms with van der Waals surface area (Å²) in [7, 11) is 0. The first-order valence-electron chi connectivity index (χ1n) is 18.0. The Balaban J connectivity index is 1.07. The number of nitrogen functional groups attached to an aromatic ring is 1. The quantitative estimate of drug-likeness (QED) is 0.0942. The molecule has 1 aliphatic heterocycles. The zero-order valence-corrected chi connectivity index (χ0v) is 31.2. The molecule has 278 valence electrons. The molecule has 1 fully saturated rings. The van der Waals surface area contributed by atoms with Crippen LogP contribution in [-0.2, 0) is 16.1 Å². The van der Waals surface area contributed by atoms with Crippen molar-refractivity contribution in [1.82, 2.24) is 19.9 Å². The number of rotatable bonds is 11. The summed E-state index contributed by atoms with van der Waals surface area (Å²) in [5, 5.41) is 10.1. The summed E-state index contributed by atoms with van der Waals surface area (Å²) in [5.41, 5.74) is 11.0. The highest BCUT2D eigenvalue weighted by molar-refractivity contribution is 7.99. The molecular weight excluding hydrogens is 713 g/mol. The second-order valence-electron chi connectivity index (χ2n) is 13.4. The van der Waals surface area contributed by atoms with E-state index < -0.39 is 12.1 Å². The SMILES string of the molecule is CC(C)c1ccc2c(Nc3cc(C(=O)Nc4cccc(NC(=O)[C@@H]5CCCN5C(=O)OCc5ccccc5)c4)ccc3Sc3ccc(N)cc3)ncnc2n1. The number of aromatic nitrogens is 3. The minimum absolute atomic E-state index is 0.127. The summed E-state index contributed by atoms with van der Waals surface area (Å²) >= 11 is 1.52. The maximum atomic E-state index is 13.7. The van der Waals surface area contributed by atoms with Crippen molar-refractivity contribution in [2.24, 2.45) is 0 Å². The fourth-order valence-electron chi connectivity index (χ4n) is 6.19. The first kappa shape index (κ1) is 36.9. The normalized spacial score (nSPS) is 13.8. The lowest BCUT2D eigenvalue weighted by Gasteiger charge is -2.23. The highest BCUT2D eigenvalue weighted by Gasteiger charge is 2.35. The highest BCUT2D eigenvalue weighted by atomic mass is 32.2. The fraction of sp³-hybridized carbons (Fsp3) is 0.190. The monoisotopic (exact) mass is 752 g/mol. The van der Waals surface area contributed by atoms with Crippen LogP contribution in [-0.4, -0.2) is 50.3 Å². The van der Waals surface area contributed by atoms with Crippen molar-refractivity contribution in [1.29, 1.82) is 0 Å². The van der Waals surface area contributed by atoms with Gasteiger partial charge in [-0.15, -0.1) is 0 Å². The summed E-state index contributed by atoms with van der Waals surface area (Å²) in [6.07, 6.45) is 2.15. The van der Waals surface area contributed by atoms with Crippen molar-refractivity contribution in [3.05, 3.63) is 132 Å². The van der Waals surface area contributed by atoms with E-state index in [2.05, 4.69) is 39.8 Å². The minimum atomic E-state index is -0.669. The van der Waals surface area contributed by atoms with E-state index in [-0.39, 0.29) is 24.3 Å². The Kier molecular flexibility index (Phi) is 11.2. The number of carbonyl (C=O) groups is 3. The van der Waals surface area contributed by atoms with Crippen LogP contribution in [0.2, 0.25) is 0 Å². The van der Waals surface area contributed by atoms with E-state index in [1.165, 1.54) is 23.0 Å². The fourth-order valence-corrected chi connectivity index (χ4v) is 7.07. The van der Waals surface area contributed by atoms with Gasteiger partial charge in [0.25, 0.3) is 5.91 Å². The molecule has 0 unspecified atom stereocenters. The van der Waals surface area contributed by atoms with Gasteiger partial charge in [0.2, 0.25) is 5.91 Å². The molecule has 12 nitrogen and oxygen atoms in total. The number of ether oxygens (including phenoxy) is 1. The lowest BCUT2D eigenvalue weighted by molar-refractivity contribution is -0.120. The Morgan fingerprint density at radius 1 is 0.891 bits per heavy atom. The molecule has 13 heteroatoms. The third-order valence-electron chi connectivity index (χ3n) is 9.10. The predicted molar refractivity (Wildman–Crippen MR) is 216 cm³/mol. The molecule has 0 saturated carbocycles. The molecule has 1 aliphatic rings. The largest absolute Gasteiger partial charge is 0.445 e. The number of hydrogen-bond donors (Lipinski definition) is 4. The summed E-state index contributed by atoms with van der Waals surface area (Å²) < 4.78 is 5.50. The Labute approximate surface area is 322 Å². The number of fused-ring (bicyclic) bond motifs is 1. The zero-order valence-electron chi connectivity index (χ0n) is 30.4. The van der Waals surface area contributed by atoms with Gasteiger partial charge in [-0.05, 0) is 97.1 Å². The Morgan fingerprint density at radius 3 is 2.45 bits per heavy atom. The number of hydrogen-bond acceptors (Lipinski definition) is 10. The second-order valence-corrected chi connectivity index (χ2v) is 14.5. The average molecular weight is 753 g/mol. The van der Waals surface area contributed by atoms with Crippen LogP contribution in [0.5, 0.6) is 0 Å². The van der Waals surface area contributed by atoms with Crippen LogP contribution < -0.4 is 21.7 Å². The Hall–Kier alpha value is -6.47. The predicted octanol–water partition coefficient (Wildman–Crippen LogP) is 8.62. The van der Waals surface area contributed by atoms with E-state index >= 15 is 0 Å². The minimum Gasteiger partial charge on any atom is -0.445 e. The number of nitrogens with two attached hydrogens (primary N) is 1. The van der Waals surface area contributed by atoms with E-state index in [1.54, 1.807) is 36.4 Å². The smallest absolute Gasteiger partial charge is 0.410 e. The molecule has 3 heterocycles. The van der Waals surface area contributed by atoms with Crippen molar-refractivity contribution in [2.45, 2.75) is 55.0 Å². The van der Waals surface area contributed by atoms with Gasteiger partial charge in [0, 0.05) is 44.7 Å². The second kappa shape index (κ2) is 16.7. The molecule has 0 spiro atoms. The number of nitrogens with zero attached hydrogens (tertiary/aromatic N) is 4. The van der Waals surface area contributed by atoms with Gasteiger partial charge in [-0.1, -0.05) is 62.0 Å². The number of carbonyl (C=O) groups excluding carboxylic acids is 3. The third kappa shape index (κ3) is 9.02. The molecule has 1 saturated heterocycles. The molecule has 7 rings (SSSR count). The Morgan fingerprint density at radius 2 is 1.67 bits per heavy atom. The molecule has 0 bridgehead atoms. The van der Waals surface area contributed by atoms with Gasteiger partial charge in [0.1, 0.15) is 24.8 Å².